The molecular formula is C15H17FN2O3. The highest BCUT2D eigenvalue weighted by molar-refractivity contribution is 5.96. The van der Waals surface area contributed by atoms with E-state index < -0.39 is 23.7 Å². The SMILES string of the molecule is COC(=O)[C@@H](CCCCC#N)NC(=O)c1ccc(F)cc1. The Morgan fingerprint density at radius 3 is 2.57 bits per heavy atom. The molecule has 0 heterocycles. The van der Waals surface area contributed by atoms with Crippen LogP contribution < -0.4 is 5.32 Å². The van der Waals surface area contributed by atoms with Gasteiger partial charge in [-0.3, -0.25) is 4.79 Å². The molecular weight excluding hydrogens is 275 g/mol. The first-order chi connectivity index (χ1) is 10.1. The summed E-state index contributed by atoms with van der Waals surface area (Å²) in [6.07, 6.45) is 2.06. The highest BCUT2D eigenvalue weighted by Crippen LogP contribution is 2.08. The molecule has 1 atom stereocenters. The van der Waals surface area contributed by atoms with Crippen molar-refractivity contribution in [2.45, 2.75) is 31.7 Å². The van der Waals surface area contributed by atoms with Crippen molar-refractivity contribution in [3.8, 4) is 6.07 Å². The van der Waals surface area contributed by atoms with Gasteiger partial charge in [0.1, 0.15) is 11.9 Å². The van der Waals surface area contributed by atoms with Gasteiger partial charge in [0.25, 0.3) is 5.91 Å². The monoisotopic (exact) mass is 292 g/mol. The molecule has 21 heavy (non-hydrogen) atoms. The predicted molar refractivity (Wildman–Crippen MR) is 73.8 cm³/mol. The van der Waals surface area contributed by atoms with Crippen LogP contribution in [0.25, 0.3) is 0 Å². The van der Waals surface area contributed by atoms with Crippen LogP contribution in [-0.4, -0.2) is 25.0 Å². The zero-order valence-corrected chi connectivity index (χ0v) is 11.8. The van der Waals surface area contributed by atoms with E-state index in [1.165, 1.54) is 31.4 Å². The van der Waals surface area contributed by atoms with Crippen molar-refractivity contribution in [3.63, 3.8) is 0 Å². The molecule has 1 aromatic rings. The molecule has 0 bridgehead atoms. The van der Waals surface area contributed by atoms with E-state index >= 15 is 0 Å². The Morgan fingerprint density at radius 1 is 1.33 bits per heavy atom. The summed E-state index contributed by atoms with van der Waals surface area (Å²) in [6, 6.07) is 6.28. The van der Waals surface area contributed by atoms with Crippen molar-refractivity contribution < 1.29 is 18.7 Å². The number of nitrogens with zero attached hydrogens (tertiary/aromatic N) is 1. The molecule has 0 spiro atoms. The van der Waals surface area contributed by atoms with E-state index in [2.05, 4.69) is 10.1 Å². The number of carbonyl (C=O) groups is 2. The zero-order chi connectivity index (χ0) is 15.7. The number of nitrogens with one attached hydrogen (secondary N) is 1. The molecule has 0 fully saturated rings. The minimum atomic E-state index is -0.772. The molecule has 5 nitrogen and oxygen atoms in total. The van der Waals surface area contributed by atoms with Crippen molar-refractivity contribution in [1.82, 2.24) is 5.32 Å². The van der Waals surface area contributed by atoms with Gasteiger partial charge in [-0.05, 0) is 43.5 Å². The predicted octanol–water partition coefficient (Wildman–Crippen LogP) is 2.18. The lowest BCUT2D eigenvalue weighted by Gasteiger charge is -2.16. The number of amides is 1. The zero-order valence-electron chi connectivity index (χ0n) is 11.8. The van der Waals surface area contributed by atoms with E-state index in [-0.39, 0.29) is 5.56 Å². The molecule has 6 heteroatoms. The van der Waals surface area contributed by atoms with E-state index in [0.717, 1.165) is 0 Å². The van der Waals surface area contributed by atoms with Crippen molar-refractivity contribution in [1.29, 1.82) is 5.26 Å². The summed E-state index contributed by atoms with van der Waals surface area (Å²) in [7, 11) is 1.24. The van der Waals surface area contributed by atoms with Gasteiger partial charge in [0.2, 0.25) is 0 Å². The summed E-state index contributed by atoms with van der Waals surface area (Å²) in [5.74, 6) is -1.44. The van der Waals surface area contributed by atoms with Crippen molar-refractivity contribution >= 4 is 11.9 Å². The molecule has 0 saturated carbocycles. The number of hydrogen-bond acceptors (Lipinski definition) is 4. The lowest BCUT2D eigenvalue weighted by molar-refractivity contribution is -0.143. The summed E-state index contributed by atoms with van der Waals surface area (Å²) >= 11 is 0. The number of halogens is 1. The number of nitriles is 1. The van der Waals surface area contributed by atoms with Crippen LogP contribution >= 0.6 is 0 Å². The maximum absolute atomic E-state index is 12.8. The molecule has 0 aliphatic carbocycles. The van der Waals surface area contributed by atoms with Gasteiger partial charge in [0.05, 0.1) is 13.2 Å². The van der Waals surface area contributed by atoms with Crippen LogP contribution in [-0.2, 0) is 9.53 Å². The van der Waals surface area contributed by atoms with Gasteiger partial charge in [-0.25, -0.2) is 9.18 Å². The average Bonchev–Trinajstić information content (AvgIpc) is 2.50. The molecule has 0 aromatic heterocycles. The number of unbranched alkanes of at least 4 members (excludes halogenated alkanes) is 2. The van der Waals surface area contributed by atoms with Crippen molar-refractivity contribution in [2.24, 2.45) is 0 Å². The van der Waals surface area contributed by atoms with E-state index in [9.17, 15) is 14.0 Å². The minimum Gasteiger partial charge on any atom is -0.467 e. The third-order valence-electron chi connectivity index (χ3n) is 2.93. The maximum Gasteiger partial charge on any atom is 0.328 e. The molecule has 0 radical (unpaired) electrons. The van der Waals surface area contributed by atoms with E-state index in [1.54, 1.807) is 0 Å². The Hall–Kier alpha value is -2.42. The summed E-state index contributed by atoms with van der Waals surface area (Å²) in [4.78, 5) is 23.6. The normalized spacial score (nSPS) is 11.3. The minimum absolute atomic E-state index is 0.266. The average molecular weight is 292 g/mol. The first kappa shape index (κ1) is 16.6. The van der Waals surface area contributed by atoms with Gasteiger partial charge in [-0.2, -0.15) is 5.26 Å². The number of benzene rings is 1. The second-order valence-corrected chi connectivity index (χ2v) is 4.46. The Morgan fingerprint density at radius 2 is 2.00 bits per heavy atom. The second kappa shape index (κ2) is 8.69. The number of rotatable bonds is 7. The van der Waals surface area contributed by atoms with Crippen LogP contribution in [0, 0.1) is 17.1 Å². The molecule has 0 saturated heterocycles. The smallest absolute Gasteiger partial charge is 0.328 e. The van der Waals surface area contributed by atoms with Crippen LogP contribution in [0.5, 0.6) is 0 Å². The van der Waals surface area contributed by atoms with Crippen LogP contribution in [0.2, 0.25) is 0 Å². The fourth-order valence-corrected chi connectivity index (χ4v) is 1.79. The van der Waals surface area contributed by atoms with E-state index in [1.807, 2.05) is 6.07 Å². The fourth-order valence-electron chi connectivity index (χ4n) is 1.79. The van der Waals surface area contributed by atoms with Gasteiger partial charge in [0, 0.05) is 12.0 Å². The number of methoxy groups -OCH3 is 1. The number of carbonyl (C=O) groups excluding carboxylic acids is 2. The molecule has 1 amide bonds. The lowest BCUT2D eigenvalue weighted by Crippen LogP contribution is -2.41. The van der Waals surface area contributed by atoms with Crippen LogP contribution in [0.3, 0.4) is 0 Å². The second-order valence-electron chi connectivity index (χ2n) is 4.46. The number of hydrogen-bond donors (Lipinski definition) is 1. The highest BCUT2D eigenvalue weighted by Gasteiger charge is 2.21. The molecule has 1 aromatic carbocycles. The van der Waals surface area contributed by atoms with Crippen molar-refractivity contribution in [2.75, 3.05) is 7.11 Å². The number of ether oxygens (including phenoxy) is 1. The van der Waals surface area contributed by atoms with Gasteiger partial charge in [-0.1, -0.05) is 0 Å². The largest absolute Gasteiger partial charge is 0.467 e. The van der Waals surface area contributed by atoms with Gasteiger partial charge < -0.3 is 10.1 Å². The highest BCUT2D eigenvalue weighted by atomic mass is 19.1. The molecule has 0 aliphatic rings. The van der Waals surface area contributed by atoms with Crippen LogP contribution in [0.15, 0.2) is 24.3 Å². The Bertz CT molecular complexity index is 523. The van der Waals surface area contributed by atoms with Gasteiger partial charge in [-0.15, -0.1) is 0 Å². The van der Waals surface area contributed by atoms with E-state index in [4.69, 9.17) is 5.26 Å². The molecule has 112 valence electrons. The lowest BCUT2D eigenvalue weighted by atomic mass is 10.1. The van der Waals surface area contributed by atoms with Crippen LogP contribution in [0.1, 0.15) is 36.0 Å². The van der Waals surface area contributed by atoms with Gasteiger partial charge in [0.15, 0.2) is 0 Å². The van der Waals surface area contributed by atoms with Gasteiger partial charge >= 0.3 is 5.97 Å². The fraction of sp³-hybridized carbons (Fsp3) is 0.400. The summed E-state index contributed by atoms with van der Waals surface area (Å²) in [5.41, 5.74) is 0.266. The Balaban J connectivity index is 2.63. The molecule has 0 unspecified atom stereocenters. The summed E-state index contributed by atoms with van der Waals surface area (Å²) < 4.78 is 17.4. The first-order valence-electron chi connectivity index (χ1n) is 6.59. The maximum atomic E-state index is 12.8. The topological polar surface area (TPSA) is 79.2 Å². The molecule has 1 rings (SSSR count). The molecule has 1 N–H and O–H groups in total. The summed E-state index contributed by atoms with van der Waals surface area (Å²) in [5, 5.41) is 11.0. The van der Waals surface area contributed by atoms with Crippen LogP contribution in [0.4, 0.5) is 4.39 Å². The van der Waals surface area contributed by atoms with Crippen molar-refractivity contribution in [3.05, 3.63) is 35.6 Å². The Kier molecular flexibility index (Phi) is 6.88. The standard InChI is InChI=1S/C15H17FN2O3/c1-21-15(20)13(5-3-2-4-10-17)18-14(19)11-6-8-12(16)9-7-11/h6-9,13H,2-5H2,1H3,(H,18,19)/t13-/m1/s1. The summed E-state index contributed by atoms with van der Waals surface area (Å²) in [6.45, 7) is 0. The first-order valence-corrected chi connectivity index (χ1v) is 6.59. The third-order valence-corrected chi connectivity index (χ3v) is 2.93. The third kappa shape index (κ3) is 5.61. The Labute approximate surface area is 122 Å². The number of esters is 1. The molecule has 0 aliphatic heterocycles. The van der Waals surface area contributed by atoms with E-state index in [0.29, 0.717) is 25.7 Å². The quantitative estimate of drug-likeness (QED) is 0.617.